The number of amides is 3. The number of aliphatic hydroxyl groups excluding tert-OH is 1. The number of aliphatic carboxylic acids is 1. The molecule has 11 N–H and O–H groups in total. The second kappa shape index (κ2) is 14.1. The molecule has 0 aromatic rings. The van der Waals surface area contributed by atoms with Gasteiger partial charge in [-0.15, -0.1) is 0 Å². The predicted molar refractivity (Wildman–Crippen MR) is 114 cm³/mol. The van der Waals surface area contributed by atoms with E-state index >= 15 is 0 Å². The zero-order valence-corrected chi connectivity index (χ0v) is 18.1. The topological polar surface area (TPSA) is 235 Å². The van der Waals surface area contributed by atoms with Crippen LogP contribution in [0.1, 0.15) is 40.0 Å². The molecule has 31 heavy (non-hydrogen) atoms. The normalized spacial score (nSPS) is 14.6. The summed E-state index contributed by atoms with van der Waals surface area (Å²) in [5.41, 5.74) is 16.0. The molecule has 13 heteroatoms. The lowest BCUT2D eigenvalue weighted by molar-refractivity contribution is -0.142. The maximum absolute atomic E-state index is 12.8. The van der Waals surface area contributed by atoms with Crippen LogP contribution in [-0.2, 0) is 19.2 Å². The molecule has 0 saturated carbocycles. The van der Waals surface area contributed by atoms with Crippen molar-refractivity contribution in [2.24, 2.45) is 28.1 Å². The van der Waals surface area contributed by atoms with Crippen LogP contribution in [-0.4, -0.2) is 77.2 Å². The number of nitrogens with zero attached hydrogens (tertiary/aromatic N) is 1. The lowest BCUT2D eigenvalue weighted by Gasteiger charge is -2.25. The van der Waals surface area contributed by atoms with Gasteiger partial charge in [-0.2, -0.15) is 0 Å². The van der Waals surface area contributed by atoms with Crippen LogP contribution in [0.5, 0.6) is 0 Å². The van der Waals surface area contributed by atoms with Crippen LogP contribution in [0, 0.1) is 5.92 Å². The standard InChI is InChI=1S/C18H35N7O6/c1-9(2)7-13(16(29)23-10(3)17(30)31)25-15(28)12(5-4-6-22-18(20)21)24-14(27)11(19)8-26/h9-13,26H,4-8,19H2,1-3H3,(H,23,29)(H,24,27)(H,25,28)(H,30,31)(H4,20,21,22). The van der Waals surface area contributed by atoms with Crippen molar-refractivity contribution in [1.82, 2.24) is 16.0 Å². The van der Waals surface area contributed by atoms with E-state index in [1.54, 1.807) is 0 Å². The smallest absolute Gasteiger partial charge is 0.325 e. The second-order valence-corrected chi connectivity index (χ2v) is 7.56. The minimum absolute atomic E-state index is 0.00824. The molecule has 13 nitrogen and oxygen atoms in total. The summed E-state index contributed by atoms with van der Waals surface area (Å²) in [5, 5.41) is 25.4. The van der Waals surface area contributed by atoms with Crippen molar-refractivity contribution in [2.45, 2.75) is 64.2 Å². The Kier molecular flexibility index (Phi) is 12.8. The molecule has 0 fully saturated rings. The molecule has 4 atom stereocenters. The number of carbonyl (C=O) groups excluding carboxylic acids is 3. The Labute approximate surface area is 181 Å². The molecule has 0 aromatic heterocycles. The van der Waals surface area contributed by atoms with Gasteiger partial charge in [-0.25, -0.2) is 0 Å². The van der Waals surface area contributed by atoms with E-state index in [4.69, 9.17) is 27.4 Å². The third-order valence-corrected chi connectivity index (χ3v) is 4.18. The summed E-state index contributed by atoms with van der Waals surface area (Å²) in [6.45, 7) is 4.57. The van der Waals surface area contributed by atoms with E-state index in [0.29, 0.717) is 6.42 Å². The highest BCUT2D eigenvalue weighted by atomic mass is 16.4. The summed E-state index contributed by atoms with van der Waals surface area (Å²) in [5.74, 6) is -3.39. The van der Waals surface area contributed by atoms with Crippen molar-refractivity contribution in [3.05, 3.63) is 0 Å². The third-order valence-electron chi connectivity index (χ3n) is 4.18. The van der Waals surface area contributed by atoms with Crippen molar-refractivity contribution >= 4 is 29.7 Å². The number of nitrogens with two attached hydrogens (primary N) is 3. The van der Waals surface area contributed by atoms with Gasteiger partial charge in [-0.3, -0.25) is 24.2 Å². The zero-order valence-electron chi connectivity index (χ0n) is 18.1. The molecular formula is C18H35N7O6. The number of carboxylic acids is 1. The fraction of sp³-hybridized carbons (Fsp3) is 0.722. The van der Waals surface area contributed by atoms with Crippen LogP contribution >= 0.6 is 0 Å². The minimum Gasteiger partial charge on any atom is -0.480 e. The number of carboxylic acid groups (broad SMARTS) is 1. The van der Waals surface area contributed by atoms with Gasteiger partial charge in [0.25, 0.3) is 0 Å². The molecule has 0 spiro atoms. The van der Waals surface area contributed by atoms with Gasteiger partial charge in [-0.1, -0.05) is 13.8 Å². The van der Waals surface area contributed by atoms with Gasteiger partial charge in [0, 0.05) is 6.54 Å². The van der Waals surface area contributed by atoms with Crippen LogP contribution in [0.15, 0.2) is 4.99 Å². The fourth-order valence-electron chi connectivity index (χ4n) is 2.48. The van der Waals surface area contributed by atoms with Crippen LogP contribution in [0.2, 0.25) is 0 Å². The Bertz CT molecular complexity index is 651. The highest BCUT2D eigenvalue weighted by molar-refractivity contribution is 5.94. The maximum Gasteiger partial charge on any atom is 0.325 e. The van der Waals surface area contributed by atoms with E-state index in [0.717, 1.165) is 0 Å². The molecule has 0 aliphatic heterocycles. The van der Waals surface area contributed by atoms with E-state index in [-0.39, 0.29) is 31.3 Å². The van der Waals surface area contributed by atoms with Gasteiger partial charge in [0.05, 0.1) is 6.61 Å². The molecule has 0 heterocycles. The number of aliphatic imine (C=N–C) groups is 1. The first-order valence-corrected chi connectivity index (χ1v) is 9.94. The van der Waals surface area contributed by atoms with E-state index in [1.807, 2.05) is 13.8 Å². The first-order valence-electron chi connectivity index (χ1n) is 9.94. The summed E-state index contributed by atoms with van der Waals surface area (Å²) in [7, 11) is 0. The Morgan fingerprint density at radius 1 is 0.935 bits per heavy atom. The van der Waals surface area contributed by atoms with E-state index in [2.05, 4.69) is 20.9 Å². The van der Waals surface area contributed by atoms with Crippen molar-refractivity contribution in [2.75, 3.05) is 13.2 Å². The van der Waals surface area contributed by atoms with Crippen LogP contribution < -0.4 is 33.2 Å². The first-order chi connectivity index (χ1) is 14.4. The lowest BCUT2D eigenvalue weighted by atomic mass is 10.0. The zero-order chi connectivity index (χ0) is 24.1. The molecule has 3 amide bonds. The number of hydrogen-bond donors (Lipinski definition) is 8. The summed E-state index contributed by atoms with van der Waals surface area (Å²) in [4.78, 5) is 52.2. The molecule has 0 bridgehead atoms. The fourth-order valence-corrected chi connectivity index (χ4v) is 2.48. The highest BCUT2D eigenvalue weighted by Gasteiger charge is 2.29. The van der Waals surface area contributed by atoms with Crippen LogP contribution in [0.4, 0.5) is 0 Å². The first kappa shape index (κ1) is 28.1. The van der Waals surface area contributed by atoms with Gasteiger partial charge in [0.1, 0.15) is 24.2 Å². The number of aliphatic hydroxyl groups is 1. The van der Waals surface area contributed by atoms with Gasteiger partial charge >= 0.3 is 5.97 Å². The second-order valence-electron chi connectivity index (χ2n) is 7.56. The predicted octanol–water partition coefficient (Wildman–Crippen LogP) is -3.04. The summed E-state index contributed by atoms with van der Waals surface area (Å²) in [6.07, 6.45) is 0.713. The van der Waals surface area contributed by atoms with Crippen LogP contribution in [0.3, 0.4) is 0 Å². The Hall–Kier alpha value is -2.93. The van der Waals surface area contributed by atoms with Gasteiger partial charge in [0.15, 0.2) is 5.96 Å². The van der Waals surface area contributed by atoms with Crippen molar-refractivity contribution < 1.29 is 29.4 Å². The Morgan fingerprint density at radius 2 is 1.48 bits per heavy atom. The minimum atomic E-state index is -1.22. The molecule has 178 valence electrons. The van der Waals surface area contributed by atoms with Crippen molar-refractivity contribution in [3.8, 4) is 0 Å². The Balaban J connectivity index is 5.37. The Morgan fingerprint density at radius 3 is 1.97 bits per heavy atom. The average Bonchev–Trinajstić information content (AvgIpc) is 2.67. The number of rotatable bonds is 14. The van der Waals surface area contributed by atoms with E-state index in [9.17, 15) is 19.2 Å². The van der Waals surface area contributed by atoms with Crippen molar-refractivity contribution in [3.63, 3.8) is 0 Å². The van der Waals surface area contributed by atoms with Gasteiger partial charge in [0.2, 0.25) is 17.7 Å². The van der Waals surface area contributed by atoms with Gasteiger partial charge in [-0.05, 0) is 32.1 Å². The molecule has 0 saturated heterocycles. The monoisotopic (exact) mass is 445 g/mol. The summed E-state index contributed by atoms with van der Waals surface area (Å²) >= 11 is 0. The molecule has 0 radical (unpaired) electrons. The highest BCUT2D eigenvalue weighted by Crippen LogP contribution is 2.07. The quantitative estimate of drug-likeness (QED) is 0.0769. The molecule has 0 rings (SSSR count). The average molecular weight is 446 g/mol. The third kappa shape index (κ3) is 11.7. The molecule has 0 aliphatic carbocycles. The van der Waals surface area contributed by atoms with E-state index < -0.39 is 54.5 Å². The summed E-state index contributed by atoms with van der Waals surface area (Å²) < 4.78 is 0. The largest absolute Gasteiger partial charge is 0.480 e. The molecular weight excluding hydrogens is 410 g/mol. The maximum atomic E-state index is 12.8. The molecule has 0 aliphatic rings. The van der Waals surface area contributed by atoms with E-state index in [1.165, 1.54) is 6.92 Å². The lowest BCUT2D eigenvalue weighted by Crippen LogP contribution is -2.57. The van der Waals surface area contributed by atoms with Gasteiger partial charge < -0.3 is 43.4 Å². The SMILES string of the molecule is CC(C)CC(NC(=O)C(CCCN=C(N)N)NC(=O)C(N)CO)C(=O)NC(C)C(=O)O. The number of hydrogen-bond acceptors (Lipinski definition) is 7. The molecule has 4 unspecified atom stereocenters. The number of guanidine groups is 1. The van der Waals surface area contributed by atoms with Crippen LogP contribution in [0.25, 0.3) is 0 Å². The number of nitrogens with one attached hydrogen (secondary N) is 3. The number of carbonyl (C=O) groups is 4. The molecule has 0 aromatic carbocycles. The summed E-state index contributed by atoms with van der Waals surface area (Å²) in [6, 6.07) is -4.45. The van der Waals surface area contributed by atoms with Crippen molar-refractivity contribution in [1.29, 1.82) is 0 Å².